The molecule has 2 fully saturated rings. The molecule has 2 saturated heterocycles. The first-order chi connectivity index (χ1) is 17.0. The van der Waals surface area contributed by atoms with Crippen molar-refractivity contribution in [2.45, 2.75) is 18.9 Å². The number of aromatic amines is 1. The van der Waals surface area contributed by atoms with E-state index in [1.54, 1.807) is 18.2 Å². The second kappa shape index (κ2) is 13.0. The Morgan fingerprint density at radius 3 is 2.38 bits per heavy atom. The number of nitrogens with one attached hydrogen (secondary N) is 1. The summed E-state index contributed by atoms with van der Waals surface area (Å²) >= 11 is 6.48. The SMILES string of the molecule is CN1CCC(N2CCN(C(=O)CN(C(=O)c3ccc4cc[nH]c4c3)c3ccccc3Cl)CC2)CC1.Cl.Cl. The van der Waals surface area contributed by atoms with Gasteiger partial charge in [0.05, 0.1) is 10.7 Å². The van der Waals surface area contributed by atoms with Crippen LogP contribution in [0.25, 0.3) is 10.9 Å². The lowest BCUT2D eigenvalue weighted by atomic mass is 10.0. The minimum atomic E-state index is -0.243. The van der Waals surface area contributed by atoms with Crippen LogP contribution in [0.3, 0.4) is 0 Å². The number of carbonyl (C=O) groups is 2. The van der Waals surface area contributed by atoms with Gasteiger partial charge >= 0.3 is 0 Å². The van der Waals surface area contributed by atoms with E-state index in [2.05, 4.69) is 21.8 Å². The molecule has 37 heavy (non-hydrogen) atoms. The Morgan fingerprint density at radius 1 is 0.973 bits per heavy atom. The number of carbonyl (C=O) groups excluding carboxylic acids is 2. The van der Waals surface area contributed by atoms with E-state index in [1.165, 1.54) is 17.7 Å². The first-order valence-electron chi connectivity index (χ1n) is 12.3. The maximum Gasteiger partial charge on any atom is 0.258 e. The molecule has 10 heteroatoms. The van der Waals surface area contributed by atoms with Crippen molar-refractivity contribution in [2.75, 3.05) is 57.8 Å². The molecule has 2 aliphatic heterocycles. The zero-order valence-corrected chi connectivity index (χ0v) is 23.3. The van der Waals surface area contributed by atoms with Gasteiger partial charge in [-0.15, -0.1) is 24.8 Å². The second-order valence-electron chi connectivity index (χ2n) is 9.57. The fourth-order valence-electron chi connectivity index (χ4n) is 5.21. The lowest BCUT2D eigenvalue weighted by Gasteiger charge is -2.42. The van der Waals surface area contributed by atoms with Gasteiger partial charge in [0.15, 0.2) is 0 Å². The number of nitrogens with zero attached hydrogens (tertiary/aromatic N) is 4. The summed E-state index contributed by atoms with van der Waals surface area (Å²) in [5.41, 5.74) is 1.94. The third kappa shape index (κ3) is 6.59. The van der Waals surface area contributed by atoms with Crippen LogP contribution in [0, 0.1) is 0 Å². The molecule has 0 radical (unpaired) electrons. The summed E-state index contributed by atoms with van der Waals surface area (Å²) in [6, 6.07) is 15.3. The quantitative estimate of drug-likeness (QED) is 0.492. The highest BCUT2D eigenvalue weighted by molar-refractivity contribution is 6.34. The number of rotatable bonds is 5. The number of aromatic nitrogens is 1. The smallest absolute Gasteiger partial charge is 0.258 e. The van der Waals surface area contributed by atoms with E-state index >= 15 is 0 Å². The number of amides is 2. The van der Waals surface area contributed by atoms with Crippen molar-refractivity contribution in [3.05, 3.63) is 65.3 Å². The predicted molar refractivity (Wildman–Crippen MR) is 155 cm³/mol. The molecule has 3 aromatic rings. The van der Waals surface area contributed by atoms with Gasteiger partial charge in [0.1, 0.15) is 6.54 Å². The van der Waals surface area contributed by atoms with Crippen LogP contribution in [0.4, 0.5) is 5.69 Å². The topological polar surface area (TPSA) is 62.9 Å². The van der Waals surface area contributed by atoms with E-state index < -0.39 is 0 Å². The summed E-state index contributed by atoms with van der Waals surface area (Å²) in [6.07, 6.45) is 4.22. The van der Waals surface area contributed by atoms with Crippen molar-refractivity contribution in [1.82, 2.24) is 19.7 Å². The number of fused-ring (bicyclic) bond motifs is 1. The first kappa shape index (κ1) is 29.3. The van der Waals surface area contributed by atoms with Crippen LogP contribution in [0.1, 0.15) is 23.2 Å². The molecule has 2 aliphatic rings. The number of benzene rings is 2. The molecule has 0 bridgehead atoms. The largest absolute Gasteiger partial charge is 0.361 e. The summed E-state index contributed by atoms with van der Waals surface area (Å²) in [4.78, 5) is 38.5. The van der Waals surface area contributed by atoms with Gasteiger partial charge < -0.3 is 14.8 Å². The molecule has 2 aromatic carbocycles. The predicted octanol–water partition coefficient (Wildman–Crippen LogP) is 4.55. The number of para-hydroxylation sites is 1. The van der Waals surface area contributed by atoms with Crippen molar-refractivity contribution >= 4 is 64.8 Å². The van der Waals surface area contributed by atoms with Crippen LogP contribution >= 0.6 is 36.4 Å². The van der Waals surface area contributed by atoms with Crippen LogP contribution in [-0.2, 0) is 4.79 Å². The molecule has 2 amide bonds. The minimum absolute atomic E-state index is 0. The molecule has 0 unspecified atom stereocenters. The fourth-order valence-corrected chi connectivity index (χ4v) is 5.44. The van der Waals surface area contributed by atoms with E-state index in [0.29, 0.717) is 35.4 Å². The minimum Gasteiger partial charge on any atom is -0.361 e. The maximum atomic E-state index is 13.6. The van der Waals surface area contributed by atoms with Crippen LogP contribution in [0.15, 0.2) is 54.7 Å². The molecule has 0 spiro atoms. The summed E-state index contributed by atoms with van der Waals surface area (Å²) < 4.78 is 0. The Balaban J connectivity index is 0.00000190. The van der Waals surface area contributed by atoms with E-state index in [-0.39, 0.29) is 43.2 Å². The number of hydrogen-bond acceptors (Lipinski definition) is 4. The van der Waals surface area contributed by atoms with Crippen LogP contribution in [-0.4, -0.2) is 90.4 Å². The summed E-state index contributed by atoms with van der Waals surface area (Å²) in [6.45, 7) is 5.35. The third-order valence-electron chi connectivity index (χ3n) is 7.36. The number of likely N-dealkylation sites (tertiary alicyclic amines) is 1. The Bertz CT molecular complexity index is 1200. The Hall–Kier alpha value is -2.29. The molecule has 200 valence electrons. The highest BCUT2D eigenvalue weighted by Gasteiger charge is 2.30. The van der Waals surface area contributed by atoms with Crippen molar-refractivity contribution < 1.29 is 9.59 Å². The van der Waals surface area contributed by atoms with Crippen molar-refractivity contribution in [3.8, 4) is 0 Å². The van der Waals surface area contributed by atoms with Crippen molar-refractivity contribution in [3.63, 3.8) is 0 Å². The molecular formula is C27H34Cl3N5O2. The normalized spacial score (nSPS) is 17.2. The molecule has 0 aliphatic carbocycles. The van der Waals surface area contributed by atoms with Crippen LogP contribution in [0.5, 0.6) is 0 Å². The number of halogens is 3. The Morgan fingerprint density at radius 2 is 1.68 bits per heavy atom. The Kier molecular flexibility index (Phi) is 10.3. The van der Waals surface area contributed by atoms with Gasteiger partial charge in [-0.05, 0) is 68.7 Å². The van der Waals surface area contributed by atoms with Gasteiger partial charge in [-0.3, -0.25) is 19.4 Å². The molecule has 0 saturated carbocycles. The standard InChI is InChI=1S/C27H32ClN5O2.2ClH/c1-30-12-9-22(10-13-30)31-14-16-32(17-15-31)26(34)19-33(25-5-3-2-4-23(25)28)27(35)21-7-6-20-8-11-29-24(20)18-21;;/h2-8,11,18,22,29H,9-10,12-17,19H2,1H3;2*1H. The van der Waals surface area contributed by atoms with Gasteiger partial charge in [0.2, 0.25) is 5.91 Å². The summed E-state index contributed by atoms with van der Waals surface area (Å²) in [5, 5.41) is 1.48. The molecule has 1 N–H and O–H groups in total. The summed E-state index contributed by atoms with van der Waals surface area (Å²) in [5.74, 6) is -0.296. The highest BCUT2D eigenvalue weighted by atomic mass is 35.5. The van der Waals surface area contributed by atoms with E-state index in [9.17, 15) is 9.59 Å². The lowest BCUT2D eigenvalue weighted by molar-refractivity contribution is -0.131. The maximum absolute atomic E-state index is 13.6. The van der Waals surface area contributed by atoms with Gasteiger partial charge in [0, 0.05) is 49.5 Å². The van der Waals surface area contributed by atoms with Gasteiger partial charge in [-0.2, -0.15) is 0 Å². The number of anilines is 1. The number of piperidine rings is 1. The Labute approximate surface area is 235 Å². The zero-order chi connectivity index (χ0) is 24.4. The molecule has 0 atom stereocenters. The number of piperazine rings is 1. The highest BCUT2D eigenvalue weighted by Crippen LogP contribution is 2.28. The van der Waals surface area contributed by atoms with Crippen LogP contribution < -0.4 is 4.90 Å². The zero-order valence-electron chi connectivity index (χ0n) is 20.9. The average Bonchev–Trinajstić information content (AvgIpc) is 3.36. The first-order valence-corrected chi connectivity index (χ1v) is 12.7. The van der Waals surface area contributed by atoms with Crippen molar-refractivity contribution in [2.24, 2.45) is 0 Å². The van der Waals surface area contributed by atoms with E-state index in [1.807, 2.05) is 41.4 Å². The molecule has 7 nitrogen and oxygen atoms in total. The molecule has 1 aromatic heterocycles. The monoisotopic (exact) mass is 565 g/mol. The van der Waals surface area contributed by atoms with Gasteiger partial charge in [-0.1, -0.05) is 29.8 Å². The van der Waals surface area contributed by atoms with E-state index in [4.69, 9.17) is 11.6 Å². The summed E-state index contributed by atoms with van der Waals surface area (Å²) in [7, 11) is 2.18. The van der Waals surface area contributed by atoms with Gasteiger partial charge in [-0.25, -0.2) is 0 Å². The lowest BCUT2D eigenvalue weighted by Crippen LogP contribution is -2.55. The number of hydrogen-bond donors (Lipinski definition) is 1. The third-order valence-corrected chi connectivity index (χ3v) is 7.67. The molecule has 3 heterocycles. The molecular weight excluding hydrogens is 533 g/mol. The van der Waals surface area contributed by atoms with E-state index in [0.717, 1.165) is 37.1 Å². The second-order valence-corrected chi connectivity index (χ2v) is 9.98. The van der Waals surface area contributed by atoms with Crippen LogP contribution in [0.2, 0.25) is 5.02 Å². The molecule has 5 rings (SSSR count). The number of H-pyrrole nitrogens is 1. The van der Waals surface area contributed by atoms with Crippen molar-refractivity contribution in [1.29, 1.82) is 0 Å². The van der Waals surface area contributed by atoms with Gasteiger partial charge in [0.25, 0.3) is 5.91 Å². The fraction of sp³-hybridized carbons (Fsp3) is 0.407. The average molecular weight is 567 g/mol.